The number of halogens is 3. The number of fused-ring (bicyclic) bond motifs is 2. The van der Waals surface area contributed by atoms with Gasteiger partial charge in [0.1, 0.15) is 6.04 Å². The number of Topliss-reactive ketones (excluding diaryl/α,β-unsaturated/α-hetero) is 1. The smallest absolute Gasteiger partial charge is 0.310 e. The highest BCUT2D eigenvalue weighted by Crippen LogP contribution is 2.34. The van der Waals surface area contributed by atoms with Crippen LogP contribution in [0.1, 0.15) is 12.8 Å². The van der Waals surface area contributed by atoms with Gasteiger partial charge in [0.25, 0.3) is 5.78 Å². The molecule has 2 saturated heterocycles. The van der Waals surface area contributed by atoms with Gasteiger partial charge in [-0.2, -0.15) is 26.7 Å². The van der Waals surface area contributed by atoms with Crippen molar-refractivity contribution < 1.29 is 40.0 Å². The summed E-state index contributed by atoms with van der Waals surface area (Å²) < 4.78 is 70.8. The van der Waals surface area contributed by atoms with Crippen LogP contribution < -0.4 is 0 Å². The Morgan fingerprint density at radius 1 is 1.35 bits per heavy atom. The molecule has 2 amide bonds. The van der Waals surface area contributed by atoms with Gasteiger partial charge in [-0.15, -0.1) is 4.28 Å². The predicted octanol–water partition coefficient (Wildman–Crippen LogP) is 0.121. The van der Waals surface area contributed by atoms with Crippen molar-refractivity contribution in [3.8, 4) is 0 Å². The number of urea groups is 1. The average molecular weight is 318 g/mol. The van der Waals surface area contributed by atoms with E-state index in [2.05, 4.69) is 4.28 Å². The second kappa shape index (κ2) is 4.56. The van der Waals surface area contributed by atoms with E-state index in [1.54, 1.807) is 0 Å². The van der Waals surface area contributed by atoms with Gasteiger partial charge in [-0.05, 0) is 12.8 Å². The van der Waals surface area contributed by atoms with Gasteiger partial charge in [-0.1, -0.05) is 0 Å². The zero-order valence-corrected chi connectivity index (χ0v) is 10.5. The Morgan fingerprint density at radius 2 is 1.95 bits per heavy atom. The number of hydrogen-bond acceptors (Lipinski definition) is 5. The first-order valence-corrected chi connectivity index (χ1v) is 6.75. The molecule has 2 aliphatic heterocycles. The van der Waals surface area contributed by atoms with E-state index in [-0.39, 0.29) is 24.4 Å². The molecule has 0 aromatic heterocycles. The fourth-order valence-electron chi connectivity index (χ4n) is 2.29. The molecule has 20 heavy (non-hydrogen) atoms. The van der Waals surface area contributed by atoms with E-state index in [4.69, 9.17) is 4.55 Å². The number of amides is 2. The van der Waals surface area contributed by atoms with E-state index in [1.165, 1.54) is 0 Å². The Hall–Kier alpha value is -1.40. The van der Waals surface area contributed by atoms with E-state index >= 15 is 0 Å². The molecule has 1 N–H and O–H groups in total. The van der Waals surface area contributed by atoms with Crippen LogP contribution in [0, 0.1) is 0 Å². The first-order valence-electron chi connectivity index (χ1n) is 5.38. The summed E-state index contributed by atoms with van der Waals surface area (Å²) in [7, 11) is -4.97. The molecule has 0 aromatic rings. The third-order valence-corrected chi connectivity index (χ3v) is 3.43. The maximum Gasteiger partial charge on any atom is 0.452 e. The number of ketones is 1. The average Bonchev–Trinajstić information content (AvgIpc) is 2.51. The van der Waals surface area contributed by atoms with Crippen molar-refractivity contribution >= 4 is 22.2 Å². The standard InChI is InChI=1S/C8H9F3N2O6S/c9-8(10,11)6(14)5-2-1-4-3-12(5)7(15)13(4)19-20(16,17)18/h4-5H,1-3H2,(H,16,17,18)/t4-,5+/m1/s1. The lowest BCUT2D eigenvalue weighted by Gasteiger charge is -2.29. The molecule has 114 valence electrons. The van der Waals surface area contributed by atoms with Crippen LogP contribution in [-0.4, -0.2) is 59.6 Å². The van der Waals surface area contributed by atoms with Gasteiger partial charge in [0, 0.05) is 6.54 Å². The number of hydroxylamine groups is 2. The van der Waals surface area contributed by atoms with Gasteiger partial charge in [0.15, 0.2) is 0 Å². The normalized spacial score (nSPS) is 27.1. The summed E-state index contributed by atoms with van der Waals surface area (Å²) in [6.07, 6.45) is -5.40. The van der Waals surface area contributed by atoms with Crippen LogP contribution >= 0.6 is 0 Å². The monoisotopic (exact) mass is 318 g/mol. The van der Waals surface area contributed by atoms with Gasteiger partial charge in [-0.3, -0.25) is 9.35 Å². The van der Waals surface area contributed by atoms with Crippen LogP contribution in [-0.2, 0) is 19.5 Å². The fraction of sp³-hybridized carbons (Fsp3) is 0.750. The Morgan fingerprint density at radius 3 is 2.45 bits per heavy atom. The predicted molar refractivity (Wildman–Crippen MR) is 54.4 cm³/mol. The molecule has 0 aromatic carbocycles. The first kappa shape index (κ1) is 15.0. The van der Waals surface area contributed by atoms with Crippen LogP contribution in [0.5, 0.6) is 0 Å². The molecule has 12 heteroatoms. The molecule has 2 rings (SSSR count). The molecule has 0 spiro atoms. The number of piperidine rings is 1. The molecule has 2 aliphatic rings. The Bertz CT molecular complexity index is 547. The highest BCUT2D eigenvalue weighted by atomic mass is 32.3. The van der Waals surface area contributed by atoms with Crippen molar-refractivity contribution in [2.75, 3.05) is 6.54 Å². The van der Waals surface area contributed by atoms with E-state index < -0.39 is 40.5 Å². The molecule has 2 atom stereocenters. The number of hydrogen-bond donors (Lipinski definition) is 1. The lowest BCUT2D eigenvalue weighted by Crippen LogP contribution is -2.49. The van der Waals surface area contributed by atoms with E-state index in [9.17, 15) is 31.2 Å². The Kier molecular flexibility index (Phi) is 3.42. The van der Waals surface area contributed by atoms with Crippen LogP contribution in [0.4, 0.5) is 18.0 Å². The molecular formula is C8H9F3N2O6S. The zero-order valence-electron chi connectivity index (χ0n) is 9.70. The lowest BCUT2D eigenvalue weighted by molar-refractivity contribution is -0.176. The molecule has 2 heterocycles. The number of alkyl halides is 3. The minimum Gasteiger partial charge on any atom is -0.310 e. The maximum absolute atomic E-state index is 12.4. The molecule has 0 aliphatic carbocycles. The number of carbonyl (C=O) groups excluding carboxylic acids is 2. The minimum atomic E-state index is -5.09. The summed E-state index contributed by atoms with van der Waals surface area (Å²) in [5.74, 6) is -2.07. The summed E-state index contributed by atoms with van der Waals surface area (Å²) in [4.78, 5) is 23.5. The van der Waals surface area contributed by atoms with Crippen molar-refractivity contribution in [3.63, 3.8) is 0 Å². The molecule has 2 fully saturated rings. The van der Waals surface area contributed by atoms with Crippen molar-refractivity contribution in [3.05, 3.63) is 0 Å². The Balaban J connectivity index is 2.20. The van der Waals surface area contributed by atoms with Gasteiger partial charge < -0.3 is 4.90 Å². The molecular weight excluding hydrogens is 309 g/mol. The van der Waals surface area contributed by atoms with E-state index in [1.807, 2.05) is 0 Å². The largest absolute Gasteiger partial charge is 0.452 e. The van der Waals surface area contributed by atoms with Crippen LogP contribution in [0.25, 0.3) is 0 Å². The summed E-state index contributed by atoms with van der Waals surface area (Å²) in [6, 6.07) is -3.73. The number of nitrogens with zero attached hydrogens (tertiary/aromatic N) is 2. The van der Waals surface area contributed by atoms with Crippen molar-refractivity contribution in [2.24, 2.45) is 0 Å². The van der Waals surface area contributed by atoms with E-state index in [0.717, 1.165) is 0 Å². The first-order chi connectivity index (χ1) is 9.00. The van der Waals surface area contributed by atoms with Crippen molar-refractivity contribution in [1.82, 2.24) is 9.96 Å². The summed E-state index contributed by atoms with van der Waals surface area (Å²) in [5, 5.41) is 0.277. The summed E-state index contributed by atoms with van der Waals surface area (Å²) >= 11 is 0. The van der Waals surface area contributed by atoms with Gasteiger partial charge >= 0.3 is 22.6 Å². The molecule has 0 radical (unpaired) electrons. The van der Waals surface area contributed by atoms with Crippen LogP contribution in [0.3, 0.4) is 0 Å². The highest BCUT2D eigenvalue weighted by Gasteiger charge is 2.54. The quantitative estimate of drug-likeness (QED) is 0.741. The second-order valence-corrected chi connectivity index (χ2v) is 5.38. The molecule has 0 saturated carbocycles. The third-order valence-electron chi connectivity index (χ3n) is 3.08. The topological polar surface area (TPSA) is 104 Å². The van der Waals surface area contributed by atoms with Gasteiger partial charge in [0.2, 0.25) is 0 Å². The minimum absolute atomic E-state index is 0.0513. The molecule has 0 unspecified atom stereocenters. The summed E-state index contributed by atoms with van der Waals surface area (Å²) in [6.45, 7) is -0.277. The SMILES string of the molecule is O=C1N2C[C@@H](CC[C@H]2C(=O)C(F)(F)F)N1OS(=O)(=O)O. The fourth-order valence-corrected chi connectivity index (χ4v) is 2.68. The Labute approximate surface area is 111 Å². The molecule has 2 bridgehead atoms. The number of carbonyl (C=O) groups is 2. The van der Waals surface area contributed by atoms with Crippen LogP contribution in [0.2, 0.25) is 0 Å². The van der Waals surface area contributed by atoms with E-state index in [0.29, 0.717) is 4.90 Å². The van der Waals surface area contributed by atoms with Gasteiger partial charge in [0.05, 0.1) is 6.04 Å². The van der Waals surface area contributed by atoms with Crippen molar-refractivity contribution in [1.29, 1.82) is 0 Å². The van der Waals surface area contributed by atoms with Crippen molar-refractivity contribution in [2.45, 2.75) is 31.1 Å². The highest BCUT2D eigenvalue weighted by molar-refractivity contribution is 7.80. The number of rotatable bonds is 3. The second-order valence-electron chi connectivity index (χ2n) is 4.37. The van der Waals surface area contributed by atoms with Gasteiger partial charge in [-0.25, -0.2) is 4.79 Å². The van der Waals surface area contributed by atoms with Crippen LogP contribution in [0.15, 0.2) is 0 Å². The summed E-state index contributed by atoms with van der Waals surface area (Å²) in [5.41, 5.74) is 0. The molecule has 8 nitrogen and oxygen atoms in total. The zero-order chi connectivity index (χ0) is 15.3. The maximum atomic E-state index is 12.4. The third kappa shape index (κ3) is 2.71. The lowest BCUT2D eigenvalue weighted by atomic mass is 9.97.